The van der Waals surface area contributed by atoms with Crippen molar-refractivity contribution < 1.29 is 13.2 Å². The van der Waals surface area contributed by atoms with Gasteiger partial charge in [0, 0.05) is 21.7 Å². The lowest BCUT2D eigenvalue weighted by Gasteiger charge is -2.25. The van der Waals surface area contributed by atoms with E-state index in [1.807, 2.05) is 30.3 Å². The summed E-state index contributed by atoms with van der Waals surface area (Å²) >= 11 is 6.81. The van der Waals surface area contributed by atoms with Gasteiger partial charge in [-0.25, -0.2) is 13.1 Å². The molecule has 4 rings (SSSR count). The fourth-order valence-corrected chi connectivity index (χ4v) is 5.37. The van der Waals surface area contributed by atoms with Crippen LogP contribution in [0.5, 0.6) is 0 Å². The molecule has 10 heteroatoms. The zero-order chi connectivity index (χ0) is 23.0. The van der Waals surface area contributed by atoms with Gasteiger partial charge in [-0.3, -0.25) is 9.10 Å². The second kappa shape index (κ2) is 9.15. The van der Waals surface area contributed by atoms with Crippen LogP contribution in [0.2, 0.25) is 0 Å². The van der Waals surface area contributed by atoms with E-state index >= 15 is 0 Å². The maximum absolute atomic E-state index is 12.7. The number of amides is 1. The van der Waals surface area contributed by atoms with Gasteiger partial charge in [-0.2, -0.15) is 5.10 Å². The van der Waals surface area contributed by atoms with Crippen LogP contribution >= 0.6 is 31.9 Å². The van der Waals surface area contributed by atoms with Gasteiger partial charge in [0.05, 0.1) is 23.1 Å². The molecule has 0 aliphatic heterocycles. The number of fused-ring (bicyclic) bond motifs is 1. The molecule has 0 saturated heterocycles. The molecule has 0 bridgehead atoms. The van der Waals surface area contributed by atoms with Crippen molar-refractivity contribution >= 4 is 64.4 Å². The number of hydrogen-bond donors (Lipinski definition) is 1. The predicted octanol–water partition coefficient (Wildman–Crippen LogP) is 4.39. The summed E-state index contributed by atoms with van der Waals surface area (Å²) in [6.07, 6.45) is 4.90. The van der Waals surface area contributed by atoms with Crippen LogP contribution in [0.25, 0.3) is 16.6 Å². The molecule has 2 aromatic carbocycles. The van der Waals surface area contributed by atoms with Gasteiger partial charge >= 0.3 is 0 Å². The lowest BCUT2D eigenvalue weighted by atomic mass is 10.0. The highest BCUT2D eigenvalue weighted by Crippen LogP contribution is 2.38. The van der Waals surface area contributed by atoms with Crippen LogP contribution in [0.1, 0.15) is 35.3 Å². The molecule has 32 heavy (non-hydrogen) atoms. The summed E-state index contributed by atoms with van der Waals surface area (Å²) in [7, 11) is -3.49. The lowest BCUT2D eigenvalue weighted by Crippen LogP contribution is -2.32. The summed E-state index contributed by atoms with van der Waals surface area (Å²) < 4.78 is 29.2. The number of aromatic nitrogens is 2. The van der Waals surface area contributed by atoms with Crippen LogP contribution in [0, 0.1) is 5.92 Å². The molecule has 0 atom stereocenters. The molecule has 170 valence electrons. The first-order valence-electron chi connectivity index (χ1n) is 10.3. The van der Waals surface area contributed by atoms with E-state index in [0.29, 0.717) is 46.5 Å². The summed E-state index contributed by atoms with van der Waals surface area (Å²) in [5.74, 6) is -0.0536. The number of nitrogens with two attached hydrogens (primary N) is 1. The maximum atomic E-state index is 12.7. The number of carbonyl (C=O) groups excluding carboxylic acids is 1. The summed E-state index contributed by atoms with van der Waals surface area (Å²) in [5.41, 5.74) is 8.82. The Morgan fingerprint density at radius 2 is 1.94 bits per heavy atom. The van der Waals surface area contributed by atoms with Crippen molar-refractivity contribution in [2.45, 2.75) is 25.7 Å². The molecule has 0 radical (unpaired) electrons. The molecule has 0 unspecified atom stereocenters. The number of carbonyl (C=O) groups is 1. The van der Waals surface area contributed by atoms with Gasteiger partial charge < -0.3 is 5.73 Å². The SMILES string of the molecule is CS(=O)(=O)N(CCCBr)c1cc2nn(-c3ccc(Br)cc3)c(C(N)=O)c2cc1CC1CC1. The van der Waals surface area contributed by atoms with Crippen molar-refractivity contribution in [2.75, 3.05) is 22.4 Å². The standard InChI is InChI=1S/C22H24Br2N4O3S/c1-32(30,31)27(10-2-9-23)20-13-19-18(12-15(20)11-14-3-4-14)21(22(25)29)28(26-19)17-7-5-16(24)6-8-17/h5-8,12-14H,2-4,9-11H2,1H3,(H2,25,29). The first kappa shape index (κ1) is 23.3. The van der Waals surface area contributed by atoms with Crippen LogP contribution in [0.15, 0.2) is 40.9 Å². The van der Waals surface area contributed by atoms with Crippen LogP contribution < -0.4 is 10.0 Å². The van der Waals surface area contributed by atoms with Gasteiger partial charge in [0.1, 0.15) is 5.69 Å². The summed E-state index contributed by atoms with van der Waals surface area (Å²) in [6.45, 7) is 0.364. The number of nitrogens with zero attached hydrogens (tertiary/aromatic N) is 3. The van der Waals surface area contributed by atoms with E-state index in [9.17, 15) is 13.2 Å². The zero-order valence-corrected chi connectivity index (χ0v) is 21.6. The van der Waals surface area contributed by atoms with Crippen molar-refractivity contribution in [3.05, 3.63) is 52.1 Å². The van der Waals surface area contributed by atoms with E-state index in [-0.39, 0.29) is 5.69 Å². The minimum atomic E-state index is -3.49. The van der Waals surface area contributed by atoms with Crippen LogP contribution in [-0.2, 0) is 16.4 Å². The number of sulfonamides is 1. The molecular weight excluding hydrogens is 560 g/mol. The molecule has 1 fully saturated rings. The molecule has 0 spiro atoms. The molecule has 7 nitrogen and oxygen atoms in total. The molecule has 3 aromatic rings. The summed E-state index contributed by atoms with van der Waals surface area (Å²) in [4.78, 5) is 12.4. The smallest absolute Gasteiger partial charge is 0.268 e. The molecule has 2 N–H and O–H groups in total. The third kappa shape index (κ3) is 4.87. The minimum absolute atomic E-state index is 0.289. The fraction of sp³-hybridized carbons (Fsp3) is 0.364. The average molecular weight is 584 g/mol. The Morgan fingerprint density at radius 3 is 2.50 bits per heavy atom. The van der Waals surface area contributed by atoms with Gasteiger partial charge in [0.15, 0.2) is 0 Å². The monoisotopic (exact) mass is 582 g/mol. The van der Waals surface area contributed by atoms with Crippen LogP contribution in [0.3, 0.4) is 0 Å². The Kier molecular flexibility index (Phi) is 6.65. The Labute approximate surface area is 204 Å². The lowest BCUT2D eigenvalue weighted by molar-refractivity contribution is 0.0994. The average Bonchev–Trinajstić information content (AvgIpc) is 3.45. The molecule has 1 aliphatic carbocycles. The summed E-state index contributed by atoms with van der Waals surface area (Å²) in [6, 6.07) is 11.1. The van der Waals surface area contributed by atoms with Crippen molar-refractivity contribution in [1.29, 1.82) is 0 Å². The fourth-order valence-electron chi connectivity index (χ4n) is 3.87. The van der Waals surface area contributed by atoms with Crippen LogP contribution in [-0.4, -0.2) is 42.2 Å². The number of rotatable bonds is 9. The second-order valence-electron chi connectivity index (χ2n) is 8.12. The number of hydrogen-bond acceptors (Lipinski definition) is 4. The van der Waals surface area contributed by atoms with Gasteiger partial charge in [-0.05, 0) is 73.6 Å². The first-order chi connectivity index (χ1) is 15.2. The molecular formula is C22H24Br2N4O3S. The van der Waals surface area contributed by atoms with Crippen LogP contribution in [0.4, 0.5) is 5.69 Å². The minimum Gasteiger partial charge on any atom is -0.364 e. The number of anilines is 1. The van der Waals surface area contributed by atoms with Gasteiger partial charge in [0.25, 0.3) is 5.91 Å². The molecule has 1 aliphatic rings. The third-order valence-electron chi connectivity index (χ3n) is 5.55. The van der Waals surface area contributed by atoms with Gasteiger partial charge in [0.2, 0.25) is 10.0 Å². The highest BCUT2D eigenvalue weighted by molar-refractivity contribution is 9.10. The van der Waals surface area contributed by atoms with Gasteiger partial charge in [-0.15, -0.1) is 0 Å². The molecule has 1 saturated carbocycles. The van der Waals surface area contributed by atoms with Crippen molar-refractivity contribution in [1.82, 2.24) is 9.78 Å². The van der Waals surface area contributed by atoms with E-state index in [0.717, 1.165) is 29.3 Å². The Bertz CT molecular complexity index is 1270. The van der Waals surface area contributed by atoms with E-state index < -0.39 is 15.9 Å². The highest BCUT2D eigenvalue weighted by atomic mass is 79.9. The first-order valence-corrected chi connectivity index (χ1v) is 14.1. The quantitative estimate of drug-likeness (QED) is 0.378. The predicted molar refractivity (Wildman–Crippen MR) is 134 cm³/mol. The highest BCUT2D eigenvalue weighted by Gasteiger charge is 2.28. The molecule has 1 amide bonds. The van der Waals surface area contributed by atoms with E-state index in [2.05, 4.69) is 37.0 Å². The number of halogens is 2. The Balaban J connectivity index is 1.94. The normalized spacial score (nSPS) is 14.1. The largest absolute Gasteiger partial charge is 0.364 e. The van der Waals surface area contributed by atoms with Gasteiger partial charge in [-0.1, -0.05) is 31.9 Å². The van der Waals surface area contributed by atoms with E-state index in [1.165, 1.54) is 15.2 Å². The Morgan fingerprint density at radius 1 is 1.25 bits per heavy atom. The molecule has 1 aromatic heterocycles. The zero-order valence-electron chi connectivity index (χ0n) is 17.6. The number of alkyl halides is 1. The van der Waals surface area contributed by atoms with Crippen molar-refractivity contribution in [3.8, 4) is 5.69 Å². The van der Waals surface area contributed by atoms with E-state index in [4.69, 9.17) is 5.73 Å². The summed E-state index contributed by atoms with van der Waals surface area (Å²) in [5, 5.41) is 5.98. The maximum Gasteiger partial charge on any atom is 0.268 e. The third-order valence-corrected chi connectivity index (χ3v) is 7.81. The second-order valence-corrected chi connectivity index (χ2v) is 11.7. The van der Waals surface area contributed by atoms with Crippen molar-refractivity contribution in [2.24, 2.45) is 11.7 Å². The Hall–Kier alpha value is -1.91. The van der Waals surface area contributed by atoms with E-state index in [1.54, 1.807) is 6.07 Å². The number of primary amides is 1. The molecule has 1 heterocycles. The topological polar surface area (TPSA) is 98.3 Å². The van der Waals surface area contributed by atoms with Crippen molar-refractivity contribution in [3.63, 3.8) is 0 Å². The number of benzene rings is 2.